The van der Waals surface area contributed by atoms with E-state index >= 15 is 0 Å². The largest absolute Gasteiger partial charge is 0.384 e. The normalized spacial score (nSPS) is 15.9. The van der Waals surface area contributed by atoms with Crippen molar-refractivity contribution in [3.63, 3.8) is 0 Å². The summed E-state index contributed by atoms with van der Waals surface area (Å²) < 4.78 is 10.7. The molecule has 0 aliphatic rings. The monoisotopic (exact) mass is 234 g/mol. The summed E-state index contributed by atoms with van der Waals surface area (Å²) in [5.41, 5.74) is 0. The molecule has 1 aromatic rings. The molecule has 84 valence electrons. The summed E-state index contributed by atoms with van der Waals surface area (Å²) in [5.74, 6) is -0.907. The predicted octanol–water partition coefficient (Wildman–Crippen LogP) is -0.718. The van der Waals surface area contributed by atoms with E-state index in [1.807, 2.05) is 0 Å². The van der Waals surface area contributed by atoms with Gasteiger partial charge in [-0.3, -0.25) is 9.66 Å². The highest BCUT2D eigenvalue weighted by Gasteiger charge is 2.28. The van der Waals surface area contributed by atoms with Crippen LogP contribution in [0.25, 0.3) is 0 Å². The Morgan fingerprint density at radius 1 is 1.67 bits per heavy atom. The van der Waals surface area contributed by atoms with E-state index in [0.717, 1.165) is 12.5 Å². The van der Waals surface area contributed by atoms with Gasteiger partial charge in [-0.15, -0.1) is 0 Å². The number of nitrogens with one attached hydrogen (secondary N) is 2. The summed E-state index contributed by atoms with van der Waals surface area (Å²) in [4.78, 5) is 21.1. The third-order valence-electron chi connectivity index (χ3n) is 1.78. The lowest BCUT2D eigenvalue weighted by molar-refractivity contribution is 0.138. The average Bonchev–Trinajstić information content (AvgIpc) is 2.64. The molecule has 0 aliphatic heterocycles. The van der Waals surface area contributed by atoms with Crippen LogP contribution in [0.3, 0.4) is 0 Å². The summed E-state index contributed by atoms with van der Waals surface area (Å²) >= 11 is 0. The van der Waals surface area contributed by atoms with E-state index in [4.69, 9.17) is 15.2 Å². The van der Waals surface area contributed by atoms with Crippen LogP contribution in [0.2, 0.25) is 0 Å². The number of rotatable bonds is 5. The van der Waals surface area contributed by atoms with Crippen LogP contribution in [-0.2, 0) is 4.57 Å². The van der Waals surface area contributed by atoms with Crippen molar-refractivity contribution in [1.82, 2.24) is 15.2 Å². The molecule has 0 radical (unpaired) electrons. The summed E-state index contributed by atoms with van der Waals surface area (Å²) in [7, 11) is -4.27. The minimum atomic E-state index is -4.27. The summed E-state index contributed by atoms with van der Waals surface area (Å²) in [5, 5.41) is 22.4. The highest BCUT2D eigenvalue weighted by molar-refractivity contribution is 7.51. The number of aromatic nitrogens is 3. The second-order valence-electron chi connectivity index (χ2n) is 2.99. The fourth-order valence-electron chi connectivity index (χ4n) is 1.08. The molecule has 1 heterocycles. The topological polar surface area (TPSA) is 143 Å². The van der Waals surface area contributed by atoms with Crippen LogP contribution in [0.5, 0.6) is 0 Å². The molecule has 0 saturated carbocycles. The van der Waals surface area contributed by atoms with E-state index in [0.29, 0.717) is 0 Å². The van der Waals surface area contributed by atoms with E-state index in [1.165, 1.54) is 0 Å². The second kappa shape index (κ2) is 4.63. The Morgan fingerprint density at radius 2 is 2.33 bits per heavy atom. The van der Waals surface area contributed by atoms with Gasteiger partial charge in [0.05, 0.1) is 6.16 Å². The maximum absolute atomic E-state index is 10.7. The van der Waals surface area contributed by atoms with Crippen molar-refractivity contribution in [2.75, 3.05) is 6.16 Å². The fraction of sp³-hybridized carbons (Fsp3) is 0.500. The van der Waals surface area contributed by atoms with Gasteiger partial charge in [-0.25, -0.2) is 4.98 Å². The molecule has 0 fully saturated rings. The van der Waals surface area contributed by atoms with Crippen LogP contribution in [0.1, 0.15) is 11.9 Å². The Morgan fingerprint density at radius 3 is 2.73 bits per heavy atom. The van der Waals surface area contributed by atoms with Crippen LogP contribution < -0.4 is 0 Å². The van der Waals surface area contributed by atoms with Crippen molar-refractivity contribution in [2.45, 2.75) is 6.10 Å². The smallest absolute Gasteiger partial charge is 0.326 e. The maximum atomic E-state index is 10.7. The standard InChI is InChI=1S/C6H11N4O4P/c7-1-4(2-15(12,13)14)5(11)6-8-3-9-10-6/h1,3-5,7,11H,2H2,(H,8,9,10)(H2,12,13,14)/t4-,5-/m0/s1. The van der Waals surface area contributed by atoms with E-state index in [1.54, 1.807) is 0 Å². The molecule has 15 heavy (non-hydrogen) atoms. The molecule has 1 aromatic heterocycles. The number of hydrogen-bond donors (Lipinski definition) is 5. The molecule has 2 atom stereocenters. The first kappa shape index (κ1) is 12.0. The minimum absolute atomic E-state index is 0.0805. The highest BCUT2D eigenvalue weighted by atomic mass is 31.2. The van der Waals surface area contributed by atoms with Gasteiger partial charge in [0.1, 0.15) is 12.4 Å². The Hall–Kier alpha value is -1.08. The first-order valence-electron chi connectivity index (χ1n) is 4.02. The molecule has 5 N–H and O–H groups in total. The molecular weight excluding hydrogens is 223 g/mol. The van der Waals surface area contributed by atoms with Gasteiger partial charge in [0, 0.05) is 12.1 Å². The van der Waals surface area contributed by atoms with Crippen molar-refractivity contribution < 1.29 is 19.5 Å². The molecule has 0 aromatic carbocycles. The van der Waals surface area contributed by atoms with Crippen LogP contribution in [0.4, 0.5) is 0 Å². The summed E-state index contributed by atoms with van der Waals surface area (Å²) in [6.07, 6.45) is 0.0828. The molecule has 0 saturated heterocycles. The fourth-order valence-corrected chi connectivity index (χ4v) is 1.93. The zero-order valence-corrected chi connectivity index (χ0v) is 8.50. The SMILES string of the molecule is N=C[C@@H](CP(=O)(O)O)[C@H](O)c1ncn[nH]1. The highest BCUT2D eigenvalue weighted by Crippen LogP contribution is 2.39. The van der Waals surface area contributed by atoms with Crippen molar-refractivity contribution in [3.8, 4) is 0 Å². The first-order valence-corrected chi connectivity index (χ1v) is 5.82. The van der Waals surface area contributed by atoms with E-state index in [-0.39, 0.29) is 5.82 Å². The summed E-state index contributed by atoms with van der Waals surface area (Å²) in [6.45, 7) is 0. The zero-order chi connectivity index (χ0) is 11.5. The molecule has 0 aliphatic carbocycles. The number of H-pyrrole nitrogens is 1. The molecule has 0 spiro atoms. The van der Waals surface area contributed by atoms with E-state index in [2.05, 4.69) is 15.2 Å². The van der Waals surface area contributed by atoms with Crippen LogP contribution in [-0.4, -0.2) is 42.5 Å². The maximum Gasteiger partial charge on any atom is 0.326 e. The van der Waals surface area contributed by atoms with Crippen molar-refractivity contribution in [3.05, 3.63) is 12.2 Å². The molecule has 0 bridgehead atoms. The Bertz CT molecular complexity index is 361. The number of hydrogen-bond acceptors (Lipinski definition) is 5. The molecular formula is C6H11N4O4P. The Balaban J connectivity index is 2.75. The van der Waals surface area contributed by atoms with Gasteiger partial charge in [0.2, 0.25) is 0 Å². The molecule has 1 rings (SSSR count). The molecule has 8 nitrogen and oxygen atoms in total. The van der Waals surface area contributed by atoms with Gasteiger partial charge in [-0.1, -0.05) is 0 Å². The lowest BCUT2D eigenvalue weighted by atomic mass is 10.1. The number of nitrogens with zero attached hydrogens (tertiary/aromatic N) is 2. The van der Waals surface area contributed by atoms with Gasteiger partial charge in [0.25, 0.3) is 0 Å². The van der Waals surface area contributed by atoms with Gasteiger partial charge < -0.3 is 20.3 Å². The lowest BCUT2D eigenvalue weighted by Gasteiger charge is -2.16. The number of aromatic amines is 1. The minimum Gasteiger partial charge on any atom is -0.384 e. The number of aliphatic hydroxyl groups is 1. The summed E-state index contributed by atoms with van der Waals surface area (Å²) in [6, 6.07) is 0. The second-order valence-corrected chi connectivity index (χ2v) is 4.69. The number of aliphatic hydroxyl groups excluding tert-OH is 1. The molecule has 0 amide bonds. The van der Waals surface area contributed by atoms with Crippen LogP contribution in [0, 0.1) is 11.3 Å². The Kier molecular flexibility index (Phi) is 3.70. The van der Waals surface area contributed by atoms with Crippen molar-refractivity contribution in [2.24, 2.45) is 5.92 Å². The van der Waals surface area contributed by atoms with E-state index < -0.39 is 25.8 Å². The van der Waals surface area contributed by atoms with Gasteiger partial charge >= 0.3 is 7.60 Å². The van der Waals surface area contributed by atoms with Gasteiger partial charge in [-0.2, -0.15) is 5.10 Å². The quantitative estimate of drug-likeness (QED) is 0.336. The van der Waals surface area contributed by atoms with Crippen LogP contribution >= 0.6 is 7.60 Å². The predicted molar refractivity (Wildman–Crippen MR) is 50.5 cm³/mol. The third kappa shape index (κ3) is 3.52. The van der Waals surface area contributed by atoms with Crippen molar-refractivity contribution >= 4 is 13.8 Å². The van der Waals surface area contributed by atoms with E-state index in [9.17, 15) is 9.67 Å². The Labute approximate surface area is 85.0 Å². The molecule has 0 unspecified atom stereocenters. The zero-order valence-electron chi connectivity index (χ0n) is 7.61. The van der Waals surface area contributed by atoms with Crippen LogP contribution in [0.15, 0.2) is 6.33 Å². The molecule has 9 heteroatoms. The average molecular weight is 234 g/mol. The lowest BCUT2D eigenvalue weighted by Crippen LogP contribution is -2.19. The third-order valence-corrected chi connectivity index (χ3v) is 2.68. The van der Waals surface area contributed by atoms with Gasteiger partial charge in [-0.05, 0) is 0 Å². The van der Waals surface area contributed by atoms with Gasteiger partial charge in [0.15, 0.2) is 5.82 Å². The van der Waals surface area contributed by atoms with Crippen molar-refractivity contribution in [1.29, 1.82) is 5.41 Å². The first-order chi connectivity index (χ1) is 6.94.